The summed E-state index contributed by atoms with van der Waals surface area (Å²) in [6, 6.07) is 17.1. The fourth-order valence-corrected chi connectivity index (χ4v) is 10.2. The second-order valence-electron chi connectivity index (χ2n) is 16.8. The van der Waals surface area contributed by atoms with Crippen LogP contribution in [0.5, 0.6) is 0 Å². The van der Waals surface area contributed by atoms with E-state index in [9.17, 15) is 19.5 Å². The van der Waals surface area contributed by atoms with Crippen LogP contribution in [0.3, 0.4) is 0 Å². The van der Waals surface area contributed by atoms with Gasteiger partial charge in [0.05, 0.1) is 26.8 Å². The smallest absolute Gasteiger partial charge is 0.309 e. The Kier molecular flexibility index (Phi) is 10.8. The summed E-state index contributed by atoms with van der Waals surface area (Å²) >= 11 is 14.0. The zero-order valence-electron chi connectivity index (χ0n) is 32.6. The summed E-state index contributed by atoms with van der Waals surface area (Å²) in [4.78, 5) is 53.3. The van der Waals surface area contributed by atoms with E-state index >= 15 is 0 Å². The van der Waals surface area contributed by atoms with Gasteiger partial charge in [0.1, 0.15) is 11.2 Å². The number of rotatable bonds is 13. The molecule has 14 heteroatoms. The summed E-state index contributed by atoms with van der Waals surface area (Å²) in [6.45, 7) is 3.92. The Balaban J connectivity index is 0.843. The molecule has 2 bridgehead atoms. The third-order valence-corrected chi connectivity index (χ3v) is 13.9. The van der Waals surface area contributed by atoms with E-state index in [1.165, 1.54) is 0 Å². The first-order valence-corrected chi connectivity index (χ1v) is 21.2. The summed E-state index contributed by atoms with van der Waals surface area (Å²) < 4.78 is 0. The van der Waals surface area contributed by atoms with Crippen LogP contribution in [0.2, 0.25) is 10.0 Å². The molecule has 2 amide bonds. The van der Waals surface area contributed by atoms with Crippen LogP contribution in [-0.4, -0.2) is 68.4 Å². The van der Waals surface area contributed by atoms with Gasteiger partial charge in [0, 0.05) is 73.7 Å². The van der Waals surface area contributed by atoms with Gasteiger partial charge in [-0.15, -0.1) is 0 Å². The molecular weight excluding hydrogens is 787 g/mol. The van der Waals surface area contributed by atoms with Gasteiger partial charge < -0.3 is 26.4 Å². The highest BCUT2D eigenvalue weighted by atomic mass is 35.5. The van der Waals surface area contributed by atoms with Crippen molar-refractivity contribution >= 4 is 69.1 Å². The van der Waals surface area contributed by atoms with E-state index in [2.05, 4.69) is 42.2 Å². The molecule has 1 atom stereocenters. The van der Waals surface area contributed by atoms with E-state index in [1.54, 1.807) is 12.3 Å². The zero-order valence-corrected chi connectivity index (χ0v) is 34.1. The molecule has 9 rings (SSSR count). The summed E-state index contributed by atoms with van der Waals surface area (Å²) in [5.74, 6) is -0.308. The Morgan fingerprint density at radius 3 is 2.44 bits per heavy atom. The molecule has 0 radical (unpaired) electrons. The quantitative estimate of drug-likeness (QED) is 0.0783. The van der Waals surface area contributed by atoms with Crippen LogP contribution in [0.15, 0.2) is 73.2 Å². The molecule has 3 aromatic heterocycles. The maximum Gasteiger partial charge on any atom is 0.309 e. The lowest BCUT2D eigenvalue weighted by atomic mass is 9.80. The number of halogens is 2. The van der Waals surface area contributed by atoms with Gasteiger partial charge >= 0.3 is 5.97 Å². The average Bonchev–Trinajstić information content (AvgIpc) is 3.96. The van der Waals surface area contributed by atoms with Gasteiger partial charge in [0.2, 0.25) is 5.91 Å². The Morgan fingerprint density at radius 1 is 0.915 bits per heavy atom. The normalized spacial score (nSPS) is 22.3. The fourth-order valence-electron chi connectivity index (χ4n) is 9.67. The monoisotopic (exact) mass is 832 g/mol. The standard InChI is InChI=1S/C45H46Cl2N8O4/c46-38-32(3-1-5-34(38)53-41-40-29(9-16-49-41)19-27(22-51-40)21-48-24-31-7-8-37(56)52-31)33-4-2-6-35(39(33)47)54-42(57)36-20-28-10-17-55(25-30(28)23-50-36)18-15-44-11-13-45(26-44,14-12-44)43(58)59/h1-6,9,16,19-20,22-23,31,48H,7-8,10-15,17-18,21,24-26H2,(H,49,53)(H,52,56)(H,54,57)(H,58,59). The van der Waals surface area contributed by atoms with Gasteiger partial charge in [-0.1, -0.05) is 47.5 Å². The lowest BCUT2D eigenvalue weighted by Gasteiger charge is -2.33. The lowest BCUT2D eigenvalue weighted by Crippen LogP contribution is -2.35. The SMILES string of the molecule is O=C1CCC(CNCc2cnc3c(Nc4cccc(-c5cccc(NC(=O)c6cc7c(cn6)CN(CCC68CCC(C(=O)O)(CC6)C8)CC7)c5Cl)c4Cl)nccc3c2)N1. The number of carboxylic acids is 1. The maximum atomic E-state index is 13.6. The molecule has 2 aliphatic carbocycles. The van der Waals surface area contributed by atoms with Gasteiger partial charge in [-0.05, 0) is 110 Å². The minimum atomic E-state index is -0.615. The van der Waals surface area contributed by atoms with E-state index in [-0.39, 0.29) is 23.3 Å². The number of amides is 2. The number of carbonyl (C=O) groups is 3. The van der Waals surface area contributed by atoms with Gasteiger partial charge in [0.15, 0.2) is 5.82 Å². The molecule has 2 aromatic carbocycles. The number of benzene rings is 2. The number of hydrogen-bond acceptors (Lipinski definition) is 9. The van der Waals surface area contributed by atoms with E-state index in [0.717, 1.165) is 93.1 Å². The number of carbonyl (C=O) groups excluding carboxylic acids is 2. The van der Waals surface area contributed by atoms with E-state index in [4.69, 9.17) is 28.2 Å². The first-order chi connectivity index (χ1) is 28.6. The minimum Gasteiger partial charge on any atom is -0.481 e. The number of hydrogen-bond donors (Lipinski definition) is 5. The van der Waals surface area contributed by atoms with Gasteiger partial charge in [-0.25, -0.2) is 4.98 Å². The minimum absolute atomic E-state index is 0.105. The van der Waals surface area contributed by atoms with Crippen LogP contribution >= 0.6 is 23.2 Å². The average molecular weight is 834 g/mol. The van der Waals surface area contributed by atoms with Crippen molar-refractivity contribution < 1.29 is 19.5 Å². The summed E-state index contributed by atoms with van der Waals surface area (Å²) in [7, 11) is 0. The largest absolute Gasteiger partial charge is 0.481 e. The first kappa shape index (κ1) is 39.3. The Morgan fingerprint density at radius 2 is 1.69 bits per heavy atom. The summed E-state index contributed by atoms with van der Waals surface area (Å²) in [5.41, 5.74) is 6.33. The van der Waals surface area contributed by atoms with E-state index in [1.807, 2.05) is 54.9 Å². The lowest BCUT2D eigenvalue weighted by molar-refractivity contribution is -0.148. The molecule has 2 aliphatic heterocycles. The van der Waals surface area contributed by atoms with E-state index < -0.39 is 11.4 Å². The number of nitrogens with zero attached hydrogens (tertiary/aromatic N) is 4. The molecule has 5 heterocycles. The number of fused-ring (bicyclic) bond motifs is 4. The van der Waals surface area contributed by atoms with E-state index in [0.29, 0.717) is 69.1 Å². The number of aromatic nitrogens is 3. The maximum absolute atomic E-state index is 13.6. The highest BCUT2D eigenvalue weighted by Gasteiger charge is 2.57. The zero-order chi connectivity index (χ0) is 40.7. The Bertz CT molecular complexity index is 2470. The van der Waals surface area contributed by atoms with Crippen LogP contribution in [0.1, 0.15) is 78.5 Å². The first-order valence-electron chi connectivity index (χ1n) is 20.4. The van der Waals surface area contributed by atoms with Crippen LogP contribution in [0.4, 0.5) is 17.2 Å². The van der Waals surface area contributed by atoms with Crippen molar-refractivity contribution in [2.75, 3.05) is 30.3 Å². The second kappa shape index (κ2) is 16.1. The number of pyridine rings is 3. The topological polar surface area (TPSA) is 161 Å². The van der Waals surface area contributed by atoms with Crippen molar-refractivity contribution in [2.45, 2.75) is 76.9 Å². The van der Waals surface area contributed by atoms with Crippen LogP contribution in [0, 0.1) is 10.8 Å². The van der Waals surface area contributed by atoms with Crippen molar-refractivity contribution in [2.24, 2.45) is 10.8 Å². The second-order valence-corrected chi connectivity index (χ2v) is 17.6. The predicted octanol–water partition coefficient (Wildman–Crippen LogP) is 8.15. The number of nitrogens with one attached hydrogen (secondary N) is 4. The fraction of sp³-hybridized carbons (Fsp3) is 0.378. The van der Waals surface area contributed by atoms with Crippen molar-refractivity contribution in [3.05, 3.63) is 106 Å². The number of anilines is 3. The molecule has 5 aromatic rings. The molecular formula is C45H46Cl2N8O4. The molecule has 3 fully saturated rings. The van der Waals surface area contributed by atoms with Crippen molar-refractivity contribution in [1.82, 2.24) is 30.5 Å². The summed E-state index contributed by atoms with van der Waals surface area (Å²) in [5, 5.41) is 24.2. The Labute approximate surface area is 352 Å². The molecule has 304 valence electrons. The number of carboxylic acid groups (broad SMARTS) is 1. The molecule has 2 saturated carbocycles. The molecule has 4 aliphatic rings. The summed E-state index contributed by atoms with van der Waals surface area (Å²) in [6.07, 6.45) is 13.1. The molecule has 5 N–H and O–H groups in total. The van der Waals surface area contributed by atoms with Gasteiger partial charge in [-0.3, -0.25) is 29.3 Å². The van der Waals surface area contributed by atoms with Crippen LogP contribution in [0.25, 0.3) is 22.0 Å². The van der Waals surface area contributed by atoms with Gasteiger partial charge in [-0.2, -0.15) is 0 Å². The highest BCUT2D eigenvalue weighted by Crippen LogP contribution is 2.63. The number of aliphatic carboxylic acids is 1. The predicted molar refractivity (Wildman–Crippen MR) is 229 cm³/mol. The molecule has 1 unspecified atom stereocenters. The van der Waals surface area contributed by atoms with Crippen LogP contribution in [-0.2, 0) is 29.1 Å². The van der Waals surface area contributed by atoms with Gasteiger partial charge in [0.25, 0.3) is 5.91 Å². The van der Waals surface area contributed by atoms with Crippen LogP contribution < -0.4 is 21.3 Å². The van der Waals surface area contributed by atoms with Crippen molar-refractivity contribution in [3.8, 4) is 11.1 Å². The third kappa shape index (κ3) is 7.98. The van der Waals surface area contributed by atoms with Crippen molar-refractivity contribution in [3.63, 3.8) is 0 Å². The molecule has 0 spiro atoms. The molecule has 59 heavy (non-hydrogen) atoms. The third-order valence-electron chi connectivity index (χ3n) is 13.0. The van der Waals surface area contributed by atoms with Crippen molar-refractivity contribution in [1.29, 1.82) is 0 Å². The Hall–Kier alpha value is -5.14. The molecule has 12 nitrogen and oxygen atoms in total. The highest BCUT2D eigenvalue weighted by molar-refractivity contribution is 6.39. The molecule has 1 saturated heterocycles.